The molecule has 2 rings (SSSR count). The largest absolute Gasteiger partial charge is 0.481 e. The van der Waals surface area contributed by atoms with Gasteiger partial charge in [0, 0.05) is 5.92 Å². The second-order valence-electron chi connectivity index (χ2n) is 4.18. The van der Waals surface area contributed by atoms with Gasteiger partial charge in [0.1, 0.15) is 0 Å². The number of anilines is 1. The average molecular weight is 239 g/mol. The number of carboxylic acids is 1. The molecule has 1 saturated carbocycles. The summed E-state index contributed by atoms with van der Waals surface area (Å²) in [7, 11) is 0. The molecule has 0 aliphatic heterocycles. The van der Waals surface area contributed by atoms with Crippen molar-refractivity contribution in [3.63, 3.8) is 0 Å². The smallest absolute Gasteiger partial charge is 0.328 e. The molecule has 1 heterocycles. The maximum Gasteiger partial charge on any atom is 0.328 e. The third-order valence-corrected chi connectivity index (χ3v) is 2.91. The highest BCUT2D eigenvalue weighted by atomic mass is 16.5. The molecule has 7 nitrogen and oxygen atoms in total. The van der Waals surface area contributed by atoms with Crippen LogP contribution in [0, 0.1) is 18.8 Å². The van der Waals surface area contributed by atoms with Crippen molar-refractivity contribution >= 4 is 17.9 Å². The summed E-state index contributed by atoms with van der Waals surface area (Å²) in [5, 5.41) is 14.9. The fourth-order valence-electron chi connectivity index (χ4n) is 2.00. The van der Waals surface area contributed by atoms with Gasteiger partial charge in [-0.15, -0.1) is 0 Å². The van der Waals surface area contributed by atoms with Crippen molar-refractivity contribution in [3.05, 3.63) is 5.82 Å². The van der Waals surface area contributed by atoms with Gasteiger partial charge in [-0.3, -0.25) is 14.9 Å². The van der Waals surface area contributed by atoms with Crippen LogP contribution < -0.4 is 5.32 Å². The fourth-order valence-corrected chi connectivity index (χ4v) is 2.00. The maximum atomic E-state index is 11.8. The van der Waals surface area contributed by atoms with E-state index in [1.807, 2.05) is 0 Å². The molecule has 2 N–H and O–H groups in total. The Balaban J connectivity index is 1.91. The van der Waals surface area contributed by atoms with Crippen molar-refractivity contribution in [3.8, 4) is 0 Å². The first-order chi connectivity index (χ1) is 8.06. The summed E-state index contributed by atoms with van der Waals surface area (Å²) in [4.78, 5) is 26.4. The van der Waals surface area contributed by atoms with Crippen LogP contribution in [0.4, 0.5) is 6.01 Å². The molecule has 1 aromatic rings. The Morgan fingerprint density at radius 2 is 2.12 bits per heavy atom. The number of nitrogens with one attached hydrogen (secondary N) is 1. The van der Waals surface area contributed by atoms with Crippen LogP contribution in [0.2, 0.25) is 0 Å². The van der Waals surface area contributed by atoms with E-state index in [1.165, 1.54) is 0 Å². The van der Waals surface area contributed by atoms with Crippen molar-refractivity contribution < 1.29 is 19.2 Å². The van der Waals surface area contributed by atoms with Crippen molar-refractivity contribution in [2.45, 2.75) is 26.2 Å². The van der Waals surface area contributed by atoms with Gasteiger partial charge in [-0.1, -0.05) is 5.16 Å². The Kier molecular flexibility index (Phi) is 3.08. The number of amides is 1. The molecule has 0 spiro atoms. The molecule has 92 valence electrons. The molecule has 1 aromatic heterocycles. The van der Waals surface area contributed by atoms with Crippen LogP contribution in [-0.2, 0) is 9.59 Å². The molecule has 0 unspecified atom stereocenters. The Morgan fingerprint density at radius 1 is 1.41 bits per heavy atom. The van der Waals surface area contributed by atoms with Crippen LogP contribution in [0.25, 0.3) is 0 Å². The number of carbonyl (C=O) groups excluding carboxylic acids is 1. The number of carbonyl (C=O) groups is 2. The molecular formula is C10H13N3O4. The van der Waals surface area contributed by atoms with Crippen LogP contribution in [0.1, 0.15) is 25.1 Å². The van der Waals surface area contributed by atoms with Gasteiger partial charge in [-0.25, -0.2) is 0 Å². The van der Waals surface area contributed by atoms with E-state index in [4.69, 9.17) is 9.63 Å². The van der Waals surface area contributed by atoms with Gasteiger partial charge in [0.05, 0.1) is 5.92 Å². The van der Waals surface area contributed by atoms with E-state index in [0.717, 1.165) is 0 Å². The van der Waals surface area contributed by atoms with E-state index in [0.29, 0.717) is 25.1 Å². The van der Waals surface area contributed by atoms with E-state index in [9.17, 15) is 9.59 Å². The van der Waals surface area contributed by atoms with E-state index in [-0.39, 0.29) is 17.8 Å². The fraction of sp³-hybridized carbons (Fsp3) is 0.600. The third kappa shape index (κ3) is 2.61. The molecule has 0 bridgehead atoms. The van der Waals surface area contributed by atoms with Gasteiger partial charge in [0.15, 0.2) is 5.82 Å². The Labute approximate surface area is 97.2 Å². The Morgan fingerprint density at radius 3 is 2.65 bits per heavy atom. The zero-order valence-electron chi connectivity index (χ0n) is 9.34. The van der Waals surface area contributed by atoms with E-state index in [2.05, 4.69) is 15.5 Å². The first kappa shape index (κ1) is 11.6. The summed E-state index contributed by atoms with van der Waals surface area (Å²) >= 11 is 0. The zero-order chi connectivity index (χ0) is 12.4. The molecular weight excluding hydrogens is 226 g/mol. The number of aryl methyl sites for hydroxylation is 1. The molecule has 7 heteroatoms. The highest BCUT2D eigenvalue weighted by molar-refractivity contribution is 5.91. The van der Waals surface area contributed by atoms with E-state index in [1.54, 1.807) is 6.92 Å². The minimum atomic E-state index is -0.839. The second kappa shape index (κ2) is 4.52. The van der Waals surface area contributed by atoms with Gasteiger partial charge in [-0.2, -0.15) is 4.98 Å². The molecule has 0 saturated heterocycles. The Hall–Kier alpha value is -1.92. The molecule has 1 aliphatic rings. The summed E-state index contributed by atoms with van der Waals surface area (Å²) in [6.07, 6.45) is 1.49. The van der Waals surface area contributed by atoms with Crippen LogP contribution in [0.5, 0.6) is 0 Å². The van der Waals surface area contributed by atoms with Gasteiger partial charge >= 0.3 is 12.0 Å². The Bertz CT molecular complexity index is 443. The lowest BCUT2D eigenvalue weighted by Crippen LogP contribution is -2.21. The number of aromatic nitrogens is 2. The predicted molar refractivity (Wildman–Crippen MR) is 56.1 cm³/mol. The number of nitrogens with zero attached hydrogens (tertiary/aromatic N) is 2. The number of hydrogen-bond donors (Lipinski definition) is 2. The summed E-state index contributed by atoms with van der Waals surface area (Å²) in [6.45, 7) is 1.65. The number of hydrogen-bond acceptors (Lipinski definition) is 5. The monoisotopic (exact) mass is 239 g/mol. The lowest BCUT2D eigenvalue weighted by Gasteiger charge is -2.07. The molecule has 17 heavy (non-hydrogen) atoms. The first-order valence-electron chi connectivity index (χ1n) is 5.40. The topological polar surface area (TPSA) is 105 Å². The molecule has 1 aliphatic carbocycles. The highest BCUT2D eigenvalue weighted by Crippen LogP contribution is 2.31. The predicted octanol–water partition coefficient (Wildman–Crippen LogP) is 0.817. The normalized spacial score (nSPS) is 23.6. The number of carboxylic acid groups (broad SMARTS) is 1. The van der Waals surface area contributed by atoms with Gasteiger partial charge in [-0.05, 0) is 26.2 Å². The van der Waals surface area contributed by atoms with Crippen LogP contribution in [0.3, 0.4) is 0 Å². The highest BCUT2D eigenvalue weighted by Gasteiger charge is 2.34. The maximum absolute atomic E-state index is 11.8. The minimum absolute atomic E-state index is 0.0614. The lowest BCUT2D eigenvalue weighted by molar-refractivity contribution is -0.141. The van der Waals surface area contributed by atoms with Crippen molar-refractivity contribution in [2.24, 2.45) is 11.8 Å². The summed E-state index contributed by atoms with van der Waals surface area (Å²) in [6, 6.07) is 0.0614. The van der Waals surface area contributed by atoms with Gasteiger partial charge in [0.25, 0.3) is 0 Å². The second-order valence-corrected chi connectivity index (χ2v) is 4.18. The lowest BCUT2D eigenvalue weighted by atomic mass is 10.0. The average Bonchev–Trinajstić information content (AvgIpc) is 2.86. The first-order valence-corrected chi connectivity index (χ1v) is 5.40. The quantitative estimate of drug-likeness (QED) is 0.808. The van der Waals surface area contributed by atoms with Crippen LogP contribution >= 0.6 is 0 Å². The van der Waals surface area contributed by atoms with E-state index >= 15 is 0 Å². The van der Waals surface area contributed by atoms with Crippen LogP contribution in [-0.4, -0.2) is 27.1 Å². The van der Waals surface area contributed by atoms with Gasteiger partial charge in [0.2, 0.25) is 5.91 Å². The molecule has 0 aromatic carbocycles. The molecule has 2 atom stereocenters. The van der Waals surface area contributed by atoms with Crippen molar-refractivity contribution in [2.75, 3.05) is 5.32 Å². The van der Waals surface area contributed by atoms with Crippen molar-refractivity contribution in [1.29, 1.82) is 0 Å². The minimum Gasteiger partial charge on any atom is -0.481 e. The number of rotatable bonds is 3. The SMILES string of the molecule is Cc1noc(NC(=O)[C@@H]2CC[C@H](C(=O)O)C2)n1. The molecule has 1 amide bonds. The summed E-state index contributed by atoms with van der Waals surface area (Å²) in [5.41, 5.74) is 0. The standard InChI is InChI=1S/C10H13N3O4/c1-5-11-10(17-13-5)12-8(14)6-2-3-7(4-6)9(15)16/h6-7H,2-4H2,1H3,(H,15,16)(H,11,12,13,14)/t6-,7+/m1/s1. The third-order valence-electron chi connectivity index (χ3n) is 2.91. The van der Waals surface area contributed by atoms with Crippen molar-refractivity contribution in [1.82, 2.24) is 10.1 Å². The van der Waals surface area contributed by atoms with Crippen LogP contribution in [0.15, 0.2) is 4.52 Å². The van der Waals surface area contributed by atoms with E-state index < -0.39 is 11.9 Å². The molecule has 1 fully saturated rings. The number of aliphatic carboxylic acids is 1. The summed E-state index contributed by atoms with van der Waals surface area (Å²) < 4.78 is 4.76. The zero-order valence-corrected chi connectivity index (χ0v) is 9.34. The molecule has 0 radical (unpaired) electrons. The van der Waals surface area contributed by atoms with Gasteiger partial charge < -0.3 is 9.63 Å². The summed E-state index contributed by atoms with van der Waals surface area (Å²) in [5.74, 6) is -1.36.